The van der Waals surface area contributed by atoms with Gasteiger partial charge in [-0.3, -0.25) is 9.69 Å². The molecular formula is C28H38N4O2. The minimum Gasteiger partial charge on any atom is -0.351 e. The quantitative estimate of drug-likeness (QED) is 0.702. The molecule has 34 heavy (non-hydrogen) atoms. The molecule has 0 saturated carbocycles. The molecule has 2 aromatic carbocycles. The summed E-state index contributed by atoms with van der Waals surface area (Å²) in [7, 11) is 0. The van der Waals surface area contributed by atoms with Gasteiger partial charge >= 0.3 is 6.03 Å². The van der Waals surface area contributed by atoms with Gasteiger partial charge in [-0.1, -0.05) is 74.5 Å². The summed E-state index contributed by atoms with van der Waals surface area (Å²) in [4.78, 5) is 31.2. The average molecular weight is 463 g/mol. The maximum atomic E-state index is 13.4. The van der Waals surface area contributed by atoms with Crippen molar-refractivity contribution in [2.45, 2.75) is 45.2 Å². The van der Waals surface area contributed by atoms with Crippen molar-refractivity contribution in [3.63, 3.8) is 0 Å². The Morgan fingerprint density at radius 3 is 1.94 bits per heavy atom. The first-order valence-corrected chi connectivity index (χ1v) is 12.6. The fourth-order valence-electron chi connectivity index (χ4n) is 5.55. The molecule has 6 nitrogen and oxygen atoms in total. The molecular weight excluding hydrogens is 424 g/mol. The van der Waals surface area contributed by atoms with Gasteiger partial charge in [0.25, 0.3) is 0 Å². The maximum Gasteiger partial charge on any atom is 0.314 e. The third kappa shape index (κ3) is 5.61. The number of hydrogen-bond acceptors (Lipinski definition) is 3. The first kappa shape index (κ1) is 24.3. The van der Waals surface area contributed by atoms with E-state index in [1.54, 1.807) is 4.90 Å². The van der Waals surface area contributed by atoms with Crippen LogP contribution in [0.15, 0.2) is 60.7 Å². The molecule has 0 aromatic heterocycles. The van der Waals surface area contributed by atoms with Gasteiger partial charge in [-0.05, 0) is 35.8 Å². The molecule has 1 atom stereocenters. The zero-order valence-electron chi connectivity index (χ0n) is 20.5. The normalized spacial score (nSPS) is 20.2. The highest BCUT2D eigenvalue weighted by Gasteiger charge is 2.36. The second-order valence-electron chi connectivity index (χ2n) is 10.1. The lowest BCUT2D eigenvalue weighted by Gasteiger charge is -2.47. The van der Waals surface area contributed by atoms with Crippen LogP contribution in [0, 0.1) is 11.8 Å². The van der Waals surface area contributed by atoms with Gasteiger partial charge < -0.3 is 15.5 Å². The SMILES string of the molecule is CC(C)C1CN(C(c2ccccc2)c2ccccc2)CCN1C(=O)CC1CCN(C(N)=O)CC1. The number of amides is 3. The number of carbonyl (C=O) groups excluding carboxylic acids is 2. The number of carbonyl (C=O) groups is 2. The van der Waals surface area contributed by atoms with Crippen LogP contribution >= 0.6 is 0 Å². The zero-order valence-corrected chi connectivity index (χ0v) is 20.5. The first-order chi connectivity index (χ1) is 16.4. The minimum absolute atomic E-state index is 0.180. The molecule has 4 rings (SSSR count). The fraction of sp³-hybridized carbons (Fsp3) is 0.500. The van der Waals surface area contributed by atoms with E-state index in [4.69, 9.17) is 5.73 Å². The van der Waals surface area contributed by atoms with E-state index >= 15 is 0 Å². The molecule has 2 heterocycles. The van der Waals surface area contributed by atoms with Crippen molar-refractivity contribution in [2.75, 3.05) is 32.7 Å². The van der Waals surface area contributed by atoms with E-state index < -0.39 is 0 Å². The van der Waals surface area contributed by atoms with Crippen LogP contribution in [-0.2, 0) is 4.79 Å². The van der Waals surface area contributed by atoms with Crippen molar-refractivity contribution < 1.29 is 9.59 Å². The lowest BCUT2D eigenvalue weighted by Crippen LogP contribution is -2.58. The molecule has 2 aliphatic rings. The Balaban J connectivity index is 1.47. The molecule has 2 aromatic rings. The summed E-state index contributed by atoms with van der Waals surface area (Å²) in [5.41, 5.74) is 7.99. The van der Waals surface area contributed by atoms with E-state index in [9.17, 15) is 9.59 Å². The number of hydrogen-bond donors (Lipinski definition) is 1. The summed E-state index contributed by atoms with van der Waals surface area (Å²) in [6.45, 7) is 8.22. The molecule has 0 spiro atoms. The molecule has 0 bridgehead atoms. The Hall–Kier alpha value is -2.86. The molecule has 0 aliphatic carbocycles. The fourth-order valence-corrected chi connectivity index (χ4v) is 5.55. The van der Waals surface area contributed by atoms with Gasteiger partial charge in [-0.2, -0.15) is 0 Å². The Morgan fingerprint density at radius 1 is 0.882 bits per heavy atom. The van der Waals surface area contributed by atoms with Crippen LogP contribution in [0.3, 0.4) is 0 Å². The first-order valence-electron chi connectivity index (χ1n) is 12.6. The second-order valence-corrected chi connectivity index (χ2v) is 10.1. The maximum absolute atomic E-state index is 13.4. The van der Waals surface area contributed by atoms with Gasteiger partial charge in [0, 0.05) is 45.2 Å². The zero-order chi connectivity index (χ0) is 24.1. The second kappa shape index (κ2) is 11.0. The molecule has 6 heteroatoms. The Labute approximate surface area is 203 Å². The van der Waals surface area contributed by atoms with Crippen molar-refractivity contribution in [3.8, 4) is 0 Å². The molecule has 0 radical (unpaired) electrons. The minimum atomic E-state index is -0.354. The van der Waals surface area contributed by atoms with E-state index in [0.29, 0.717) is 31.3 Å². The highest BCUT2D eigenvalue weighted by Crippen LogP contribution is 2.32. The van der Waals surface area contributed by atoms with E-state index in [2.05, 4.69) is 84.3 Å². The Morgan fingerprint density at radius 2 is 1.44 bits per heavy atom. The number of likely N-dealkylation sites (tertiary alicyclic amines) is 1. The largest absolute Gasteiger partial charge is 0.351 e. The Bertz CT molecular complexity index is 902. The number of piperidine rings is 1. The van der Waals surface area contributed by atoms with Crippen LogP contribution in [0.4, 0.5) is 4.79 Å². The van der Waals surface area contributed by atoms with Crippen LogP contribution in [0.5, 0.6) is 0 Å². The predicted octanol–water partition coefficient (Wildman–Crippen LogP) is 4.13. The smallest absolute Gasteiger partial charge is 0.314 e. The lowest BCUT2D eigenvalue weighted by atomic mass is 9.90. The van der Waals surface area contributed by atoms with E-state index in [1.807, 2.05) is 0 Å². The monoisotopic (exact) mass is 462 g/mol. The van der Waals surface area contributed by atoms with Crippen molar-refractivity contribution in [1.29, 1.82) is 0 Å². The molecule has 3 amide bonds. The summed E-state index contributed by atoms with van der Waals surface area (Å²) in [5, 5.41) is 0. The summed E-state index contributed by atoms with van der Waals surface area (Å²) in [6, 6.07) is 21.4. The van der Waals surface area contributed by atoms with Gasteiger partial charge in [0.2, 0.25) is 5.91 Å². The van der Waals surface area contributed by atoms with Crippen molar-refractivity contribution >= 4 is 11.9 Å². The number of benzene rings is 2. The van der Waals surface area contributed by atoms with Crippen LogP contribution in [-0.4, -0.2) is 65.4 Å². The number of nitrogens with zero attached hydrogens (tertiary/aromatic N) is 3. The summed E-state index contributed by atoms with van der Waals surface area (Å²) < 4.78 is 0. The molecule has 2 aliphatic heterocycles. The number of urea groups is 1. The number of rotatable bonds is 6. The molecule has 2 saturated heterocycles. The third-order valence-corrected chi connectivity index (χ3v) is 7.53. The third-order valence-electron chi connectivity index (χ3n) is 7.53. The van der Waals surface area contributed by atoms with Crippen molar-refractivity contribution in [3.05, 3.63) is 71.8 Å². The topological polar surface area (TPSA) is 69.9 Å². The molecule has 2 fully saturated rings. The van der Waals surface area contributed by atoms with E-state index in [0.717, 1.165) is 32.5 Å². The number of nitrogens with two attached hydrogens (primary N) is 1. The predicted molar refractivity (Wildman–Crippen MR) is 135 cm³/mol. The highest BCUT2D eigenvalue weighted by molar-refractivity contribution is 5.77. The summed E-state index contributed by atoms with van der Waals surface area (Å²) >= 11 is 0. The summed E-state index contributed by atoms with van der Waals surface area (Å²) in [5.74, 6) is 0.956. The molecule has 182 valence electrons. The van der Waals surface area contributed by atoms with E-state index in [1.165, 1.54) is 11.1 Å². The van der Waals surface area contributed by atoms with Crippen LogP contribution in [0.25, 0.3) is 0 Å². The van der Waals surface area contributed by atoms with Gasteiger partial charge in [0.15, 0.2) is 0 Å². The van der Waals surface area contributed by atoms with Crippen molar-refractivity contribution in [2.24, 2.45) is 17.6 Å². The highest BCUT2D eigenvalue weighted by atomic mass is 16.2. The standard InChI is InChI=1S/C28H38N4O2/c1-21(2)25-20-31(27(23-9-5-3-6-10-23)24-11-7-4-8-12-24)17-18-32(25)26(33)19-22-13-15-30(16-14-22)28(29)34/h3-12,21-22,25,27H,13-20H2,1-2H3,(H2,29,34). The summed E-state index contributed by atoms with van der Waals surface area (Å²) in [6.07, 6.45) is 2.27. The Kier molecular flexibility index (Phi) is 7.88. The van der Waals surface area contributed by atoms with E-state index in [-0.39, 0.29) is 24.0 Å². The van der Waals surface area contributed by atoms with Gasteiger partial charge in [-0.25, -0.2) is 4.79 Å². The molecule has 2 N–H and O–H groups in total. The van der Waals surface area contributed by atoms with Gasteiger partial charge in [0.1, 0.15) is 0 Å². The average Bonchev–Trinajstić information content (AvgIpc) is 2.86. The van der Waals surface area contributed by atoms with Gasteiger partial charge in [0.05, 0.1) is 6.04 Å². The van der Waals surface area contributed by atoms with Crippen molar-refractivity contribution in [1.82, 2.24) is 14.7 Å². The lowest BCUT2D eigenvalue weighted by molar-refractivity contribution is -0.139. The molecule has 1 unspecified atom stereocenters. The number of piperazine rings is 1. The van der Waals surface area contributed by atoms with Crippen LogP contribution in [0.2, 0.25) is 0 Å². The van der Waals surface area contributed by atoms with Crippen LogP contribution < -0.4 is 5.73 Å². The van der Waals surface area contributed by atoms with Crippen LogP contribution in [0.1, 0.15) is 50.3 Å². The number of primary amides is 1. The van der Waals surface area contributed by atoms with Gasteiger partial charge in [-0.15, -0.1) is 0 Å².